The minimum atomic E-state index is 0.220. The zero-order chi connectivity index (χ0) is 13.0. The Morgan fingerprint density at radius 3 is 2.39 bits per heavy atom. The van der Waals surface area contributed by atoms with Gasteiger partial charge in [0.25, 0.3) is 0 Å². The Balaban J connectivity index is 1.94. The Hall–Kier alpha value is -1.31. The molecule has 0 aromatic heterocycles. The van der Waals surface area contributed by atoms with Crippen molar-refractivity contribution in [1.29, 1.82) is 0 Å². The van der Waals surface area contributed by atoms with Crippen molar-refractivity contribution in [3.8, 4) is 5.75 Å². The van der Waals surface area contributed by atoms with Crippen LogP contribution in [0.25, 0.3) is 0 Å². The summed E-state index contributed by atoms with van der Waals surface area (Å²) in [5, 5.41) is 0. The van der Waals surface area contributed by atoms with Crippen molar-refractivity contribution in [2.75, 3.05) is 0 Å². The number of ether oxygens (including phenoxy) is 1. The number of carbonyl (C=O) groups is 1. The Kier molecular flexibility index (Phi) is 4.40. The van der Waals surface area contributed by atoms with E-state index in [0.29, 0.717) is 18.4 Å². The highest BCUT2D eigenvalue weighted by molar-refractivity contribution is 5.96. The van der Waals surface area contributed by atoms with E-state index < -0.39 is 0 Å². The van der Waals surface area contributed by atoms with Crippen LogP contribution in [0, 0.1) is 5.92 Å². The van der Waals surface area contributed by atoms with Crippen LogP contribution in [0.1, 0.15) is 56.3 Å². The van der Waals surface area contributed by atoms with E-state index in [1.165, 1.54) is 12.8 Å². The van der Waals surface area contributed by atoms with Gasteiger partial charge in [-0.2, -0.15) is 0 Å². The monoisotopic (exact) mass is 246 g/mol. The van der Waals surface area contributed by atoms with Crippen LogP contribution < -0.4 is 4.74 Å². The third kappa shape index (κ3) is 3.59. The van der Waals surface area contributed by atoms with Crippen LogP contribution >= 0.6 is 0 Å². The molecule has 1 aliphatic rings. The number of hydrogen-bond donors (Lipinski definition) is 0. The Morgan fingerprint density at radius 2 is 1.83 bits per heavy atom. The molecule has 0 radical (unpaired) electrons. The highest BCUT2D eigenvalue weighted by atomic mass is 16.5. The summed E-state index contributed by atoms with van der Waals surface area (Å²) >= 11 is 0. The second-order valence-corrected chi connectivity index (χ2v) is 5.57. The molecular weight excluding hydrogens is 224 g/mol. The van der Waals surface area contributed by atoms with Gasteiger partial charge in [-0.1, -0.05) is 13.8 Å². The first-order chi connectivity index (χ1) is 8.65. The lowest BCUT2D eigenvalue weighted by molar-refractivity contribution is 0.0968. The van der Waals surface area contributed by atoms with Gasteiger partial charge >= 0.3 is 0 Å². The van der Waals surface area contributed by atoms with E-state index in [9.17, 15) is 4.79 Å². The van der Waals surface area contributed by atoms with Gasteiger partial charge in [-0.15, -0.1) is 0 Å². The topological polar surface area (TPSA) is 26.3 Å². The van der Waals surface area contributed by atoms with Gasteiger partial charge in [0.1, 0.15) is 5.75 Å². The van der Waals surface area contributed by atoms with Gasteiger partial charge in [-0.05, 0) is 55.9 Å². The number of rotatable bonds is 5. The first kappa shape index (κ1) is 13.1. The van der Waals surface area contributed by atoms with Crippen molar-refractivity contribution in [2.45, 2.75) is 52.1 Å². The first-order valence-electron chi connectivity index (χ1n) is 6.95. The van der Waals surface area contributed by atoms with Crippen LogP contribution in [0.2, 0.25) is 0 Å². The molecule has 18 heavy (non-hydrogen) atoms. The summed E-state index contributed by atoms with van der Waals surface area (Å²) in [6.45, 7) is 4.13. The molecule has 0 N–H and O–H groups in total. The maximum absolute atomic E-state index is 11.9. The fraction of sp³-hybridized carbons (Fsp3) is 0.562. The summed E-state index contributed by atoms with van der Waals surface area (Å²) in [5.41, 5.74) is 0.794. The Morgan fingerprint density at radius 1 is 1.22 bits per heavy atom. The van der Waals surface area contributed by atoms with Crippen molar-refractivity contribution in [2.24, 2.45) is 5.92 Å². The molecule has 0 spiro atoms. The highest BCUT2D eigenvalue weighted by Gasteiger charge is 2.16. The van der Waals surface area contributed by atoms with Crippen molar-refractivity contribution in [1.82, 2.24) is 0 Å². The SMILES string of the molecule is CC(C)CC(=O)c1ccc(OC2CCCC2)cc1. The predicted octanol–water partition coefficient (Wildman–Crippen LogP) is 4.24. The molecule has 1 fully saturated rings. The maximum atomic E-state index is 11.9. The molecule has 0 aliphatic heterocycles. The van der Waals surface area contributed by atoms with Crippen LogP contribution in [-0.4, -0.2) is 11.9 Å². The first-order valence-corrected chi connectivity index (χ1v) is 6.95. The second kappa shape index (κ2) is 6.03. The molecule has 0 bridgehead atoms. The van der Waals surface area contributed by atoms with Crippen molar-refractivity contribution in [3.05, 3.63) is 29.8 Å². The average Bonchev–Trinajstić information content (AvgIpc) is 2.82. The lowest BCUT2D eigenvalue weighted by Crippen LogP contribution is -2.11. The molecule has 0 heterocycles. The minimum absolute atomic E-state index is 0.220. The van der Waals surface area contributed by atoms with Gasteiger partial charge in [0.15, 0.2) is 5.78 Å². The summed E-state index contributed by atoms with van der Waals surface area (Å²) in [5.74, 6) is 1.52. The summed E-state index contributed by atoms with van der Waals surface area (Å²) in [7, 11) is 0. The third-order valence-electron chi connectivity index (χ3n) is 3.37. The smallest absolute Gasteiger partial charge is 0.163 e. The summed E-state index contributed by atoms with van der Waals surface area (Å²) in [4.78, 5) is 11.9. The predicted molar refractivity (Wildman–Crippen MR) is 73.1 cm³/mol. The fourth-order valence-electron chi connectivity index (χ4n) is 2.41. The normalized spacial score (nSPS) is 16.2. The lowest BCUT2D eigenvalue weighted by Gasteiger charge is -2.13. The molecule has 2 nitrogen and oxygen atoms in total. The zero-order valence-corrected chi connectivity index (χ0v) is 11.3. The molecule has 0 amide bonds. The van der Waals surface area contributed by atoms with Gasteiger partial charge in [0, 0.05) is 12.0 Å². The van der Waals surface area contributed by atoms with Crippen LogP contribution in [-0.2, 0) is 0 Å². The molecule has 0 saturated heterocycles. The minimum Gasteiger partial charge on any atom is -0.490 e. The van der Waals surface area contributed by atoms with Gasteiger partial charge in [0.2, 0.25) is 0 Å². The number of benzene rings is 1. The van der Waals surface area contributed by atoms with E-state index in [2.05, 4.69) is 13.8 Å². The Labute approximate surface area is 109 Å². The van der Waals surface area contributed by atoms with E-state index in [1.807, 2.05) is 24.3 Å². The summed E-state index contributed by atoms with van der Waals surface area (Å²) < 4.78 is 5.88. The number of hydrogen-bond acceptors (Lipinski definition) is 2. The molecule has 98 valence electrons. The fourth-order valence-corrected chi connectivity index (χ4v) is 2.41. The molecule has 0 unspecified atom stereocenters. The van der Waals surface area contributed by atoms with Crippen molar-refractivity contribution < 1.29 is 9.53 Å². The molecular formula is C16H22O2. The van der Waals surface area contributed by atoms with Gasteiger partial charge in [-0.3, -0.25) is 4.79 Å². The van der Waals surface area contributed by atoms with E-state index in [1.54, 1.807) is 0 Å². The molecule has 1 saturated carbocycles. The molecule has 1 aliphatic carbocycles. The number of carbonyl (C=O) groups excluding carboxylic acids is 1. The average molecular weight is 246 g/mol. The molecule has 0 atom stereocenters. The maximum Gasteiger partial charge on any atom is 0.163 e. The second-order valence-electron chi connectivity index (χ2n) is 5.57. The van der Waals surface area contributed by atoms with E-state index >= 15 is 0 Å². The zero-order valence-electron chi connectivity index (χ0n) is 11.3. The standard InChI is InChI=1S/C16H22O2/c1-12(2)11-16(17)13-7-9-15(10-8-13)18-14-5-3-4-6-14/h7-10,12,14H,3-6,11H2,1-2H3. The number of Topliss-reactive ketones (excluding diaryl/α,β-unsaturated/α-hetero) is 1. The van der Waals surface area contributed by atoms with Crippen LogP contribution in [0.5, 0.6) is 5.75 Å². The van der Waals surface area contributed by atoms with E-state index in [-0.39, 0.29) is 5.78 Å². The number of ketones is 1. The Bertz CT molecular complexity index is 386. The van der Waals surface area contributed by atoms with Crippen LogP contribution in [0.15, 0.2) is 24.3 Å². The molecule has 1 aromatic carbocycles. The molecule has 1 aromatic rings. The van der Waals surface area contributed by atoms with Gasteiger partial charge in [0.05, 0.1) is 6.10 Å². The van der Waals surface area contributed by atoms with E-state index in [4.69, 9.17) is 4.74 Å². The summed E-state index contributed by atoms with van der Waals surface area (Å²) in [6.07, 6.45) is 5.86. The quantitative estimate of drug-likeness (QED) is 0.726. The molecule has 2 rings (SSSR count). The molecule has 2 heteroatoms. The van der Waals surface area contributed by atoms with Crippen LogP contribution in [0.4, 0.5) is 0 Å². The van der Waals surface area contributed by atoms with Gasteiger partial charge in [-0.25, -0.2) is 0 Å². The van der Waals surface area contributed by atoms with Gasteiger partial charge < -0.3 is 4.74 Å². The van der Waals surface area contributed by atoms with Crippen molar-refractivity contribution in [3.63, 3.8) is 0 Å². The van der Waals surface area contributed by atoms with Crippen molar-refractivity contribution >= 4 is 5.78 Å². The van der Waals surface area contributed by atoms with E-state index in [0.717, 1.165) is 24.2 Å². The lowest BCUT2D eigenvalue weighted by atomic mass is 10.0. The summed E-state index contributed by atoms with van der Waals surface area (Å²) in [6, 6.07) is 7.61. The highest BCUT2D eigenvalue weighted by Crippen LogP contribution is 2.24. The third-order valence-corrected chi connectivity index (χ3v) is 3.37. The van der Waals surface area contributed by atoms with Crippen LogP contribution in [0.3, 0.4) is 0 Å². The largest absolute Gasteiger partial charge is 0.490 e.